The number of pyridine rings is 1. The first kappa shape index (κ1) is 27.4. The van der Waals surface area contributed by atoms with Crippen LogP contribution >= 0.6 is 11.3 Å². The fourth-order valence-electron chi connectivity index (χ4n) is 4.54. The number of piperazine rings is 1. The Morgan fingerprint density at radius 3 is 2.27 bits per heavy atom. The maximum Gasteiger partial charge on any atom is 0.324 e. The predicted molar refractivity (Wildman–Crippen MR) is 161 cm³/mol. The summed E-state index contributed by atoms with van der Waals surface area (Å²) in [5, 5.41) is 12.6. The normalized spacial score (nSPS) is 13.8. The molecule has 2 N–H and O–H groups in total. The Hall–Kier alpha value is -4.18. The Morgan fingerprint density at radius 1 is 0.925 bits per heavy atom. The van der Waals surface area contributed by atoms with E-state index in [-0.39, 0.29) is 17.4 Å². The second-order valence-electron chi connectivity index (χ2n) is 11.1. The molecular formula is C30H35N7O2S. The van der Waals surface area contributed by atoms with E-state index in [2.05, 4.69) is 36.3 Å². The molecule has 1 aliphatic rings. The van der Waals surface area contributed by atoms with Crippen molar-refractivity contribution >= 4 is 40.6 Å². The molecule has 4 heterocycles. The number of amides is 3. The third-order valence-corrected chi connectivity index (χ3v) is 7.80. The maximum atomic E-state index is 13.1. The van der Waals surface area contributed by atoms with Gasteiger partial charge in [0.1, 0.15) is 11.6 Å². The van der Waals surface area contributed by atoms with Crippen LogP contribution in [0.15, 0.2) is 60.0 Å². The second kappa shape index (κ2) is 11.1. The monoisotopic (exact) mass is 557 g/mol. The first-order chi connectivity index (χ1) is 19.1. The highest BCUT2D eigenvalue weighted by Crippen LogP contribution is 2.27. The van der Waals surface area contributed by atoms with Gasteiger partial charge in [0, 0.05) is 37.7 Å². The number of thiophene rings is 1. The lowest BCUT2D eigenvalue weighted by molar-refractivity contribution is 0.0751. The number of hydrogen-bond acceptors (Lipinski definition) is 6. The summed E-state index contributed by atoms with van der Waals surface area (Å²) in [7, 11) is 0. The first-order valence-electron chi connectivity index (χ1n) is 13.4. The number of benzene rings is 1. The molecule has 40 heavy (non-hydrogen) atoms. The lowest BCUT2D eigenvalue weighted by Gasteiger charge is -2.35. The van der Waals surface area contributed by atoms with Gasteiger partial charge < -0.3 is 15.1 Å². The van der Waals surface area contributed by atoms with E-state index in [1.165, 1.54) is 11.3 Å². The van der Waals surface area contributed by atoms with Gasteiger partial charge in [-0.25, -0.2) is 14.5 Å². The van der Waals surface area contributed by atoms with Crippen LogP contribution in [-0.2, 0) is 5.41 Å². The molecule has 10 heteroatoms. The zero-order valence-electron chi connectivity index (χ0n) is 23.6. The van der Waals surface area contributed by atoms with Gasteiger partial charge >= 0.3 is 6.03 Å². The van der Waals surface area contributed by atoms with Gasteiger partial charge in [-0.15, -0.1) is 11.3 Å². The van der Waals surface area contributed by atoms with Crippen LogP contribution in [0.5, 0.6) is 0 Å². The molecule has 0 unspecified atom stereocenters. The van der Waals surface area contributed by atoms with Crippen molar-refractivity contribution in [1.29, 1.82) is 0 Å². The highest BCUT2D eigenvalue weighted by molar-refractivity contribution is 7.12. The van der Waals surface area contributed by atoms with Crippen molar-refractivity contribution in [2.75, 3.05) is 41.7 Å². The number of nitrogens with zero attached hydrogens (tertiary/aromatic N) is 5. The lowest BCUT2D eigenvalue weighted by Crippen LogP contribution is -2.48. The molecule has 0 spiro atoms. The molecule has 1 aromatic carbocycles. The van der Waals surface area contributed by atoms with E-state index in [9.17, 15) is 9.59 Å². The van der Waals surface area contributed by atoms with Crippen molar-refractivity contribution in [1.82, 2.24) is 19.7 Å². The van der Waals surface area contributed by atoms with Crippen LogP contribution in [0.25, 0.3) is 5.69 Å². The number of carbonyl (C=O) groups is 2. The average molecular weight is 558 g/mol. The fourth-order valence-corrected chi connectivity index (χ4v) is 5.23. The van der Waals surface area contributed by atoms with Gasteiger partial charge in [-0.1, -0.05) is 44.5 Å². The van der Waals surface area contributed by atoms with Crippen molar-refractivity contribution in [3.63, 3.8) is 0 Å². The molecule has 0 radical (unpaired) electrons. The van der Waals surface area contributed by atoms with Crippen LogP contribution in [0.3, 0.4) is 0 Å². The smallest absolute Gasteiger partial charge is 0.324 e. The van der Waals surface area contributed by atoms with Crippen molar-refractivity contribution in [2.45, 2.75) is 40.0 Å². The predicted octanol–water partition coefficient (Wildman–Crippen LogP) is 5.85. The summed E-state index contributed by atoms with van der Waals surface area (Å²) in [6, 6.07) is 17.1. The molecule has 3 aromatic heterocycles. The molecular weight excluding hydrogens is 522 g/mol. The molecule has 3 amide bonds. The summed E-state index contributed by atoms with van der Waals surface area (Å²) in [5.41, 5.74) is 4.07. The van der Waals surface area contributed by atoms with Gasteiger partial charge in [-0.2, -0.15) is 5.10 Å². The Balaban J connectivity index is 1.25. The number of aryl methyl sites for hydroxylation is 2. The van der Waals surface area contributed by atoms with Crippen LogP contribution < -0.4 is 15.5 Å². The van der Waals surface area contributed by atoms with Crippen molar-refractivity contribution in [3.05, 3.63) is 81.8 Å². The summed E-state index contributed by atoms with van der Waals surface area (Å²) < 4.78 is 1.76. The number of nitrogens with one attached hydrogen (secondary N) is 2. The van der Waals surface area contributed by atoms with E-state index in [1.807, 2.05) is 78.7 Å². The SMILES string of the molecule is Cc1ccc(-n2nc(C(C)(C)C)cc2NC(=O)Nc2ccc(N3CCN(C(=O)c4cccs4)CC3)nc2C)cc1. The van der Waals surface area contributed by atoms with Gasteiger partial charge in [0.15, 0.2) is 0 Å². The third kappa shape index (κ3) is 6.02. The number of anilines is 3. The zero-order valence-corrected chi connectivity index (χ0v) is 24.4. The third-order valence-electron chi connectivity index (χ3n) is 6.94. The molecule has 9 nitrogen and oxygen atoms in total. The largest absolute Gasteiger partial charge is 0.353 e. The van der Waals surface area contributed by atoms with Crippen molar-refractivity contribution in [2.24, 2.45) is 0 Å². The lowest BCUT2D eigenvalue weighted by atomic mass is 9.92. The molecule has 0 atom stereocenters. The number of urea groups is 1. The number of carbonyl (C=O) groups excluding carboxylic acids is 2. The van der Waals surface area contributed by atoms with E-state index in [0.29, 0.717) is 43.4 Å². The molecule has 1 fully saturated rings. The molecule has 208 valence electrons. The van der Waals surface area contributed by atoms with Gasteiger partial charge in [-0.05, 0) is 49.6 Å². The van der Waals surface area contributed by atoms with Gasteiger partial charge in [0.25, 0.3) is 5.91 Å². The maximum absolute atomic E-state index is 13.1. The highest BCUT2D eigenvalue weighted by atomic mass is 32.1. The van der Waals surface area contributed by atoms with Crippen molar-refractivity contribution in [3.8, 4) is 5.69 Å². The number of hydrogen-bond donors (Lipinski definition) is 2. The van der Waals surface area contributed by atoms with Crippen LogP contribution in [0.1, 0.15) is 47.4 Å². The van der Waals surface area contributed by atoms with Gasteiger partial charge in [0.05, 0.1) is 27.6 Å². The van der Waals surface area contributed by atoms with Gasteiger partial charge in [-0.3, -0.25) is 10.1 Å². The number of rotatable bonds is 5. The van der Waals surface area contributed by atoms with Crippen LogP contribution in [0, 0.1) is 13.8 Å². The summed E-state index contributed by atoms with van der Waals surface area (Å²) >= 11 is 1.47. The van der Waals surface area contributed by atoms with E-state index < -0.39 is 0 Å². The van der Waals surface area contributed by atoms with E-state index in [1.54, 1.807) is 4.68 Å². The summed E-state index contributed by atoms with van der Waals surface area (Å²) in [5.74, 6) is 1.50. The Labute approximate surface area is 238 Å². The Morgan fingerprint density at radius 2 is 1.65 bits per heavy atom. The second-order valence-corrected chi connectivity index (χ2v) is 12.0. The fraction of sp³-hybridized carbons (Fsp3) is 0.333. The van der Waals surface area contributed by atoms with Gasteiger partial charge in [0.2, 0.25) is 0 Å². The molecule has 1 saturated heterocycles. The van der Waals surface area contributed by atoms with E-state index in [4.69, 9.17) is 10.1 Å². The molecule has 4 aromatic rings. The molecule has 0 aliphatic carbocycles. The molecule has 0 saturated carbocycles. The first-order valence-corrected chi connectivity index (χ1v) is 14.3. The molecule has 1 aliphatic heterocycles. The summed E-state index contributed by atoms with van der Waals surface area (Å²) in [6.45, 7) is 12.9. The minimum Gasteiger partial charge on any atom is -0.353 e. The highest BCUT2D eigenvalue weighted by Gasteiger charge is 2.24. The Kier molecular flexibility index (Phi) is 7.62. The summed E-state index contributed by atoms with van der Waals surface area (Å²) in [4.78, 5) is 35.3. The topological polar surface area (TPSA) is 95.4 Å². The van der Waals surface area contributed by atoms with E-state index in [0.717, 1.165) is 27.6 Å². The van der Waals surface area contributed by atoms with Crippen molar-refractivity contribution < 1.29 is 9.59 Å². The zero-order chi connectivity index (χ0) is 28.4. The average Bonchev–Trinajstić information content (AvgIpc) is 3.61. The Bertz CT molecular complexity index is 1500. The molecule has 5 rings (SSSR count). The summed E-state index contributed by atoms with van der Waals surface area (Å²) in [6.07, 6.45) is 0. The number of aromatic nitrogens is 3. The van der Waals surface area contributed by atoms with E-state index >= 15 is 0 Å². The van der Waals surface area contributed by atoms with Crippen LogP contribution in [0.2, 0.25) is 0 Å². The standard InChI is InChI=1S/C30H35N7O2S/c1-20-8-10-22(11-9-20)37-27(19-25(34-37)30(3,4)5)33-29(39)32-23-12-13-26(31-21(23)2)35-14-16-36(17-15-35)28(38)24-7-6-18-40-24/h6-13,18-19H,14-17H2,1-5H3,(H2,32,33,39). The van der Waals surface area contributed by atoms with Crippen LogP contribution in [0.4, 0.5) is 22.1 Å². The molecule has 0 bridgehead atoms. The quantitative estimate of drug-likeness (QED) is 0.321. The van der Waals surface area contributed by atoms with Crippen LogP contribution in [-0.4, -0.2) is 57.8 Å². The minimum absolute atomic E-state index is 0.0858. The minimum atomic E-state index is -0.368.